The normalized spacial score (nSPS) is 11.7. The molecule has 0 aromatic heterocycles. The van der Waals surface area contributed by atoms with Crippen LogP contribution < -0.4 is 10.1 Å². The minimum atomic E-state index is -1.02. The number of para-hydroxylation sites is 1. The summed E-state index contributed by atoms with van der Waals surface area (Å²) in [7, 11) is 0. The van der Waals surface area contributed by atoms with E-state index in [2.05, 4.69) is 12.2 Å². The van der Waals surface area contributed by atoms with Crippen molar-refractivity contribution in [3.63, 3.8) is 0 Å². The van der Waals surface area contributed by atoms with Crippen molar-refractivity contribution >= 4 is 23.6 Å². The van der Waals surface area contributed by atoms with E-state index in [0.29, 0.717) is 30.1 Å². The smallest absolute Gasteiger partial charge is 0.326 e. The van der Waals surface area contributed by atoms with E-state index >= 15 is 0 Å². The first-order valence-electron chi connectivity index (χ1n) is 7.34. The van der Waals surface area contributed by atoms with E-state index in [4.69, 9.17) is 4.74 Å². The van der Waals surface area contributed by atoms with Gasteiger partial charge in [0.15, 0.2) is 0 Å². The van der Waals surface area contributed by atoms with Gasteiger partial charge >= 0.3 is 5.97 Å². The number of aliphatic carboxylic acids is 1. The van der Waals surface area contributed by atoms with Crippen LogP contribution in [0.2, 0.25) is 0 Å². The summed E-state index contributed by atoms with van der Waals surface area (Å²) in [6.07, 6.45) is 4.20. The van der Waals surface area contributed by atoms with E-state index in [1.807, 2.05) is 6.26 Å². The van der Waals surface area contributed by atoms with Crippen molar-refractivity contribution in [3.8, 4) is 5.75 Å². The highest BCUT2D eigenvalue weighted by Crippen LogP contribution is 2.18. The molecule has 1 aromatic rings. The first kappa shape index (κ1) is 18.4. The van der Waals surface area contributed by atoms with Crippen LogP contribution in [0.25, 0.3) is 0 Å². The fourth-order valence-corrected chi connectivity index (χ4v) is 2.31. The van der Waals surface area contributed by atoms with Crippen molar-refractivity contribution < 1.29 is 19.4 Å². The monoisotopic (exact) mass is 325 g/mol. The van der Waals surface area contributed by atoms with E-state index in [0.717, 1.165) is 12.8 Å². The van der Waals surface area contributed by atoms with Gasteiger partial charge in [0, 0.05) is 0 Å². The van der Waals surface area contributed by atoms with Crippen LogP contribution in [0.3, 0.4) is 0 Å². The molecule has 0 saturated carbocycles. The SMILES string of the molecule is CCCCOc1ccccc1C(=O)N[C@@H](CCSC)C(=O)O. The number of thioether (sulfide) groups is 1. The second-order valence-electron chi connectivity index (χ2n) is 4.84. The number of unbranched alkanes of at least 4 members (excludes halogenated alkanes) is 1. The Hall–Kier alpha value is -1.69. The quantitative estimate of drug-likeness (QED) is 0.647. The molecule has 0 saturated heterocycles. The second-order valence-corrected chi connectivity index (χ2v) is 5.83. The largest absolute Gasteiger partial charge is 0.493 e. The Morgan fingerprint density at radius 2 is 2.09 bits per heavy atom. The van der Waals surface area contributed by atoms with Crippen LogP contribution in [-0.4, -0.2) is 41.6 Å². The fraction of sp³-hybridized carbons (Fsp3) is 0.500. The van der Waals surface area contributed by atoms with Crippen molar-refractivity contribution in [3.05, 3.63) is 29.8 Å². The van der Waals surface area contributed by atoms with E-state index in [1.165, 1.54) is 0 Å². The predicted octanol–water partition coefficient (Wildman–Crippen LogP) is 2.80. The summed E-state index contributed by atoms with van der Waals surface area (Å²) in [5.74, 6) is -0.277. The number of carboxylic acids is 1. The summed E-state index contributed by atoms with van der Waals surface area (Å²) in [4.78, 5) is 23.5. The van der Waals surface area contributed by atoms with Gasteiger partial charge in [0.2, 0.25) is 0 Å². The summed E-state index contributed by atoms with van der Waals surface area (Å²) < 4.78 is 5.61. The summed E-state index contributed by atoms with van der Waals surface area (Å²) in [5.41, 5.74) is 0.369. The molecule has 1 amide bonds. The average Bonchev–Trinajstić information content (AvgIpc) is 2.51. The Labute approximate surface area is 135 Å². The molecule has 0 spiro atoms. The third-order valence-corrected chi connectivity index (χ3v) is 3.75. The molecule has 2 N–H and O–H groups in total. The number of rotatable bonds is 10. The second kappa shape index (κ2) is 10.1. The third kappa shape index (κ3) is 5.97. The van der Waals surface area contributed by atoms with Gasteiger partial charge in [-0.3, -0.25) is 4.79 Å². The van der Waals surface area contributed by atoms with Gasteiger partial charge in [-0.1, -0.05) is 25.5 Å². The molecule has 0 unspecified atom stereocenters. The molecule has 1 rings (SSSR count). The molecule has 5 nitrogen and oxygen atoms in total. The zero-order valence-electron chi connectivity index (χ0n) is 13.0. The maximum Gasteiger partial charge on any atom is 0.326 e. The number of ether oxygens (including phenoxy) is 1. The van der Waals surface area contributed by atoms with E-state index in [-0.39, 0.29) is 0 Å². The minimum Gasteiger partial charge on any atom is -0.493 e. The number of carbonyl (C=O) groups excluding carboxylic acids is 1. The molecule has 1 aromatic carbocycles. The van der Waals surface area contributed by atoms with Crippen molar-refractivity contribution in [2.75, 3.05) is 18.6 Å². The van der Waals surface area contributed by atoms with Gasteiger partial charge in [-0.15, -0.1) is 0 Å². The highest BCUT2D eigenvalue weighted by Gasteiger charge is 2.21. The van der Waals surface area contributed by atoms with Gasteiger partial charge in [0.1, 0.15) is 11.8 Å². The molecule has 0 radical (unpaired) electrons. The van der Waals surface area contributed by atoms with Crippen LogP contribution in [0, 0.1) is 0 Å². The number of amides is 1. The molecular weight excluding hydrogens is 302 g/mol. The zero-order chi connectivity index (χ0) is 16.4. The van der Waals surface area contributed by atoms with Gasteiger partial charge < -0.3 is 15.2 Å². The van der Waals surface area contributed by atoms with Crippen molar-refractivity contribution in [2.24, 2.45) is 0 Å². The molecule has 22 heavy (non-hydrogen) atoms. The Kier molecular flexibility index (Phi) is 8.43. The Bertz CT molecular complexity index is 493. The number of hydrogen-bond donors (Lipinski definition) is 2. The van der Waals surface area contributed by atoms with Gasteiger partial charge in [0.25, 0.3) is 5.91 Å². The number of carbonyl (C=O) groups is 2. The van der Waals surface area contributed by atoms with E-state index in [9.17, 15) is 14.7 Å². The van der Waals surface area contributed by atoms with Crippen molar-refractivity contribution in [1.29, 1.82) is 0 Å². The van der Waals surface area contributed by atoms with E-state index < -0.39 is 17.9 Å². The van der Waals surface area contributed by atoms with Crippen LogP contribution >= 0.6 is 11.8 Å². The van der Waals surface area contributed by atoms with Crippen LogP contribution in [0.4, 0.5) is 0 Å². The summed E-state index contributed by atoms with van der Waals surface area (Å²) >= 11 is 1.55. The molecule has 0 fully saturated rings. The van der Waals surface area contributed by atoms with Crippen molar-refractivity contribution in [2.45, 2.75) is 32.2 Å². The fourth-order valence-electron chi connectivity index (χ4n) is 1.84. The number of nitrogens with one attached hydrogen (secondary N) is 1. The summed E-state index contributed by atoms with van der Waals surface area (Å²) in [6, 6.07) is 6.01. The van der Waals surface area contributed by atoms with Crippen LogP contribution in [-0.2, 0) is 4.79 Å². The highest BCUT2D eigenvalue weighted by molar-refractivity contribution is 7.98. The molecular formula is C16H23NO4S. The molecule has 1 atom stereocenters. The maximum atomic E-state index is 12.3. The molecule has 0 aliphatic carbocycles. The lowest BCUT2D eigenvalue weighted by Gasteiger charge is -2.16. The Balaban J connectivity index is 2.76. The van der Waals surface area contributed by atoms with E-state index in [1.54, 1.807) is 36.0 Å². The average molecular weight is 325 g/mol. The Morgan fingerprint density at radius 1 is 1.36 bits per heavy atom. The number of carboxylic acid groups (broad SMARTS) is 1. The summed E-state index contributed by atoms with van der Waals surface area (Å²) in [5, 5.41) is 11.7. The molecule has 6 heteroatoms. The topological polar surface area (TPSA) is 75.6 Å². The number of hydrogen-bond acceptors (Lipinski definition) is 4. The molecule has 0 aliphatic heterocycles. The molecule has 0 aliphatic rings. The zero-order valence-corrected chi connectivity index (χ0v) is 13.8. The lowest BCUT2D eigenvalue weighted by molar-refractivity contribution is -0.139. The van der Waals surface area contributed by atoms with Crippen molar-refractivity contribution in [1.82, 2.24) is 5.32 Å². The van der Waals surface area contributed by atoms with Crippen LogP contribution in [0.1, 0.15) is 36.5 Å². The van der Waals surface area contributed by atoms with Crippen LogP contribution in [0.5, 0.6) is 5.75 Å². The first-order chi connectivity index (χ1) is 10.6. The molecule has 122 valence electrons. The minimum absolute atomic E-state index is 0.369. The predicted molar refractivity (Wildman–Crippen MR) is 88.7 cm³/mol. The van der Waals surface area contributed by atoms with Crippen LogP contribution in [0.15, 0.2) is 24.3 Å². The lowest BCUT2D eigenvalue weighted by atomic mass is 10.1. The van der Waals surface area contributed by atoms with Gasteiger partial charge in [-0.05, 0) is 37.0 Å². The molecule has 0 heterocycles. The number of benzene rings is 1. The van der Waals surface area contributed by atoms with Gasteiger partial charge in [-0.2, -0.15) is 11.8 Å². The standard InChI is InChI=1S/C16H23NO4S/c1-3-4-10-21-14-8-6-5-7-12(14)15(18)17-13(16(19)20)9-11-22-2/h5-8,13H,3-4,9-11H2,1-2H3,(H,17,18)(H,19,20)/t13-/m0/s1. The third-order valence-electron chi connectivity index (χ3n) is 3.10. The summed E-state index contributed by atoms with van der Waals surface area (Å²) in [6.45, 7) is 2.60. The lowest BCUT2D eigenvalue weighted by Crippen LogP contribution is -2.41. The van der Waals surface area contributed by atoms with Gasteiger partial charge in [-0.25, -0.2) is 4.79 Å². The Morgan fingerprint density at radius 3 is 2.73 bits per heavy atom. The molecule has 0 bridgehead atoms. The maximum absolute atomic E-state index is 12.3. The van der Waals surface area contributed by atoms with Gasteiger partial charge in [0.05, 0.1) is 12.2 Å². The highest BCUT2D eigenvalue weighted by atomic mass is 32.2. The first-order valence-corrected chi connectivity index (χ1v) is 8.74.